The first-order valence-corrected chi connectivity index (χ1v) is 12.5. The summed E-state index contributed by atoms with van der Waals surface area (Å²) >= 11 is 0. The Kier molecular flexibility index (Phi) is 6.71. The quantitative estimate of drug-likeness (QED) is 0.343. The van der Waals surface area contributed by atoms with Crippen LogP contribution >= 0.6 is 0 Å². The van der Waals surface area contributed by atoms with Crippen LogP contribution < -0.4 is 5.32 Å². The molecule has 1 aliphatic rings. The number of nitriles is 1. The third-order valence-electron chi connectivity index (χ3n) is 6.76. The number of carbonyl (C=O) groups is 1. The van der Waals surface area contributed by atoms with E-state index in [1.807, 2.05) is 86.8 Å². The molecule has 188 valence electrons. The van der Waals surface area contributed by atoms with Crippen molar-refractivity contribution in [1.29, 1.82) is 5.26 Å². The maximum Gasteiger partial charge on any atom is 0.255 e. The number of aryl methyl sites for hydroxylation is 1. The lowest BCUT2D eigenvalue weighted by Crippen LogP contribution is -2.17. The Morgan fingerprint density at radius 2 is 1.89 bits per heavy atom. The summed E-state index contributed by atoms with van der Waals surface area (Å²) in [5, 5.41) is 17.0. The molecule has 0 fully saturated rings. The number of benzene rings is 2. The van der Waals surface area contributed by atoms with Gasteiger partial charge in [0.25, 0.3) is 5.91 Å². The average molecular weight is 501 g/mol. The summed E-state index contributed by atoms with van der Waals surface area (Å²) in [4.78, 5) is 21.7. The molecule has 0 aliphatic carbocycles. The number of aromatic nitrogens is 3. The Balaban J connectivity index is 1.38. The second kappa shape index (κ2) is 10.3. The lowest BCUT2D eigenvalue weighted by molar-refractivity contribution is 0.102. The van der Waals surface area contributed by atoms with Gasteiger partial charge in [-0.05, 0) is 85.9 Å². The van der Waals surface area contributed by atoms with E-state index in [1.165, 1.54) is 5.57 Å². The fourth-order valence-electron chi connectivity index (χ4n) is 4.35. The summed E-state index contributed by atoms with van der Waals surface area (Å²) in [7, 11) is 0. The Hall–Kier alpha value is -4.83. The zero-order valence-corrected chi connectivity index (χ0v) is 21.6. The van der Waals surface area contributed by atoms with Gasteiger partial charge in [-0.25, -0.2) is 4.68 Å². The van der Waals surface area contributed by atoms with Gasteiger partial charge in [0.2, 0.25) is 0 Å². The zero-order valence-electron chi connectivity index (χ0n) is 21.6. The van der Waals surface area contributed by atoms with Crippen molar-refractivity contribution < 1.29 is 4.79 Å². The Labute approximate surface area is 222 Å². The Morgan fingerprint density at radius 3 is 2.68 bits per heavy atom. The van der Waals surface area contributed by atoms with E-state index < -0.39 is 5.41 Å². The largest absolute Gasteiger partial charge is 0.322 e. The topological polar surface area (TPSA) is 96.0 Å². The number of anilines is 1. The van der Waals surface area contributed by atoms with Crippen molar-refractivity contribution in [1.82, 2.24) is 14.8 Å². The molecule has 0 radical (unpaired) electrons. The van der Waals surface area contributed by atoms with E-state index in [0.29, 0.717) is 11.3 Å². The van der Waals surface area contributed by atoms with Crippen LogP contribution in [0.5, 0.6) is 0 Å². The number of nitrogens with one attached hydrogen (secondary N) is 1. The molecule has 7 nitrogen and oxygen atoms in total. The van der Waals surface area contributed by atoms with E-state index in [4.69, 9.17) is 0 Å². The van der Waals surface area contributed by atoms with Crippen molar-refractivity contribution in [2.24, 2.45) is 4.99 Å². The molecular weight excluding hydrogens is 472 g/mol. The third-order valence-corrected chi connectivity index (χ3v) is 6.76. The first-order chi connectivity index (χ1) is 18.3. The molecular formula is C31H28N6O. The van der Waals surface area contributed by atoms with Crippen molar-refractivity contribution in [2.45, 2.75) is 32.6 Å². The van der Waals surface area contributed by atoms with E-state index in [9.17, 15) is 10.1 Å². The molecule has 1 aliphatic heterocycles. The first kappa shape index (κ1) is 24.8. The third kappa shape index (κ3) is 5.16. The number of pyridine rings is 1. The summed E-state index contributed by atoms with van der Waals surface area (Å²) in [5.41, 5.74) is 7.42. The van der Waals surface area contributed by atoms with Crippen LogP contribution in [0.3, 0.4) is 0 Å². The highest BCUT2D eigenvalue weighted by Crippen LogP contribution is 2.27. The normalized spacial score (nSPS) is 13.1. The van der Waals surface area contributed by atoms with Crippen molar-refractivity contribution in [3.8, 4) is 22.9 Å². The van der Waals surface area contributed by atoms with Gasteiger partial charge < -0.3 is 5.32 Å². The van der Waals surface area contributed by atoms with E-state index in [-0.39, 0.29) is 5.91 Å². The van der Waals surface area contributed by atoms with Crippen LogP contribution in [-0.4, -0.2) is 33.4 Å². The maximum absolute atomic E-state index is 13.0. The molecule has 4 aromatic rings. The van der Waals surface area contributed by atoms with Crippen molar-refractivity contribution in [3.05, 3.63) is 102 Å². The van der Waals surface area contributed by atoms with Gasteiger partial charge in [-0.15, -0.1) is 0 Å². The number of allylic oxidation sites excluding steroid dienone is 1. The summed E-state index contributed by atoms with van der Waals surface area (Å²) in [5.74, 6) is -0.235. The lowest BCUT2D eigenvalue weighted by Gasteiger charge is -2.16. The SMILES string of the molecule is Cc1ccc(NC(=O)c2cccc(C(C)(C)C#N)c2)cc1-n1cc(-c2cncc(C3=CC=NCC3)c2)cn1. The number of amides is 1. The van der Waals surface area contributed by atoms with Crippen LogP contribution in [0.1, 0.15) is 47.3 Å². The molecule has 3 heterocycles. The summed E-state index contributed by atoms with van der Waals surface area (Å²) in [6.07, 6.45) is 12.3. The van der Waals surface area contributed by atoms with Crippen LogP contribution in [-0.2, 0) is 5.41 Å². The number of aliphatic imine (C=N–C) groups is 1. The predicted octanol–water partition coefficient (Wildman–Crippen LogP) is 6.15. The van der Waals surface area contributed by atoms with E-state index in [1.54, 1.807) is 18.2 Å². The van der Waals surface area contributed by atoms with Gasteiger partial charge in [-0.2, -0.15) is 10.4 Å². The minimum absolute atomic E-state index is 0.235. The molecule has 5 rings (SSSR count). The van der Waals surface area contributed by atoms with Crippen LogP contribution in [0.4, 0.5) is 5.69 Å². The van der Waals surface area contributed by atoms with Crippen molar-refractivity contribution in [3.63, 3.8) is 0 Å². The Morgan fingerprint density at radius 1 is 1.05 bits per heavy atom. The summed E-state index contributed by atoms with van der Waals surface area (Å²) in [6, 6.07) is 17.3. The van der Waals surface area contributed by atoms with E-state index >= 15 is 0 Å². The van der Waals surface area contributed by atoms with E-state index in [2.05, 4.69) is 32.5 Å². The average Bonchev–Trinajstić information content (AvgIpc) is 3.45. The molecule has 1 N–H and O–H groups in total. The minimum atomic E-state index is -0.679. The second-order valence-corrected chi connectivity index (χ2v) is 9.91. The zero-order chi connectivity index (χ0) is 26.7. The molecule has 7 heteroatoms. The fourth-order valence-corrected chi connectivity index (χ4v) is 4.35. The highest BCUT2D eigenvalue weighted by atomic mass is 16.1. The van der Waals surface area contributed by atoms with E-state index in [0.717, 1.165) is 46.5 Å². The molecule has 0 spiro atoms. The number of dihydropyridines is 1. The lowest BCUT2D eigenvalue weighted by atomic mass is 9.85. The smallest absolute Gasteiger partial charge is 0.255 e. The maximum atomic E-state index is 13.0. The van der Waals surface area contributed by atoms with Crippen molar-refractivity contribution in [2.75, 3.05) is 11.9 Å². The molecule has 0 bridgehead atoms. The monoisotopic (exact) mass is 500 g/mol. The highest BCUT2D eigenvalue weighted by Gasteiger charge is 2.21. The number of nitrogens with zero attached hydrogens (tertiary/aromatic N) is 5. The number of rotatable bonds is 6. The van der Waals surface area contributed by atoms with Gasteiger partial charge in [-0.3, -0.25) is 14.8 Å². The van der Waals surface area contributed by atoms with Crippen LogP contribution in [0.2, 0.25) is 0 Å². The van der Waals surface area contributed by atoms with Gasteiger partial charge in [0.05, 0.1) is 23.4 Å². The molecule has 2 aromatic heterocycles. The molecule has 0 saturated heterocycles. The Bertz CT molecular complexity index is 1620. The van der Waals surface area contributed by atoms with Crippen molar-refractivity contribution >= 4 is 23.4 Å². The van der Waals surface area contributed by atoms with Crippen LogP contribution in [0.15, 0.2) is 84.4 Å². The molecule has 38 heavy (non-hydrogen) atoms. The number of hydrogen-bond acceptors (Lipinski definition) is 5. The first-order valence-electron chi connectivity index (χ1n) is 12.5. The molecule has 0 unspecified atom stereocenters. The van der Waals surface area contributed by atoms with Crippen LogP contribution in [0.25, 0.3) is 22.4 Å². The minimum Gasteiger partial charge on any atom is -0.322 e. The summed E-state index contributed by atoms with van der Waals surface area (Å²) in [6.45, 7) is 6.48. The second-order valence-electron chi connectivity index (χ2n) is 9.91. The van der Waals surface area contributed by atoms with Crippen LogP contribution in [0, 0.1) is 18.3 Å². The van der Waals surface area contributed by atoms with Gasteiger partial charge in [0, 0.05) is 53.7 Å². The van der Waals surface area contributed by atoms with Gasteiger partial charge >= 0.3 is 0 Å². The highest BCUT2D eigenvalue weighted by molar-refractivity contribution is 6.04. The number of hydrogen-bond donors (Lipinski definition) is 1. The molecule has 0 saturated carbocycles. The predicted molar refractivity (Wildman–Crippen MR) is 151 cm³/mol. The van der Waals surface area contributed by atoms with Gasteiger partial charge in [0.1, 0.15) is 0 Å². The standard InChI is InChI=1S/C31H28N6O/c1-21-7-8-28(36-30(38)23-5-4-6-27(14-23)31(2,3)20-32)15-29(21)37-19-26(18-35-37)25-13-24(16-34-17-25)22-9-11-33-12-10-22/h4-9,11,13-19H,10,12H2,1-3H3,(H,36,38). The fraction of sp³-hybridized carbons (Fsp3) is 0.194. The van der Waals surface area contributed by atoms with Gasteiger partial charge in [0.15, 0.2) is 0 Å². The number of carbonyl (C=O) groups excluding carboxylic acids is 1. The molecule has 0 atom stereocenters. The molecule has 2 aromatic carbocycles. The summed E-state index contributed by atoms with van der Waals surface area (Å²) < 4.78 is 1.82. The molecule has 1 amide bonds. The van der Waals surface area contributed by atoms with Gasteiger partial charge in [-0.1, -0.05) is 18.2 Å².